The Bertz CT molecular complexity index is 524. The van der Waals surface area contributed by atoms with Crippen LogP contribution in [0.3, 0.4) is 0 Å². The van der Waals surface area contributed by atoms with Gasteiger partial charge in [0.05, 0.1) is 0 Å². The van der Waals surface area contributed by atoms with Crippen LogP contribution in [0.4, 0.5) is 0 Å². The number of benzene rings is 1. The highest BCUT2D eigenvalue weighted by Gasteiger charge is 2.00. The molecule has 1 aromatic heterocycles. The van der Waals surface area contributed by atoms with Gasteiger partial charge in [-0.15, -0.1) is 0 Å². The summed E-state index contributed by atoms with van der Waals surface area (Å²) in [6.07, 6.45) is 2.19. The van der Waals surface area contributed by atoms with Crippen LogP contribution in [-0.2, 0) is 11.3 Å². The number of carbonyl (C=O) groups excluding carboxylic acids is 1. The molecule has 0 spiro atoms. The van der Waals surface area contributed by atoms with Crippen LogP contribution in [0, 0.1) is 0 Å². The summed E-state index contributed by atoms with van der Waals surface area (Å²) >= 11 is 0. The van der Waals surface area contributed by atoms with E-state index in [2.05, 4.69) is 10.3 Å². The van der Waals surface area contributed by atoms with Crippen LogP contribution in [0.25, 0.3) is 0 Å². The topological polar surface area (TPSA) is 51.2 Å². The molecule has 0 fully saturated rings. The number of aromatic nitrogens is 1. The van der Waals surface area contributed by atoms with Crippen LogP contribution < -0.4 is 10.1 Å². The molecule has 4 nitrogen and oxygen atoms in total. The highest BCUT2D eigenvalue weighted by atomic mass is 16.5. The van der Waals surface area contributed by atoms with E-state index < -0.39 is 0 Å². The zero-order valence-corrected chi connectivity index (χ0v) is 10.8. The molecule has 0 saturated heterocycles. The minimum Gasteiger partial charge on any atom is -0.439 e. The van der Waals surface area contributed by atoms with E-state index in [9.17, 15) is 4.79 Å². The van der Waals surface area contributed by atoms with Gasteiger partial charge < -0.3 is 10.1 Å². The van der Waals surface area contributed by atoms with Crippen molar-refractivity contribution in [2.24, 2.45) is 0 Å². The molecular weight excluding hydrogens is 240 g/mol. The Morgan fingerprint density at radius 1 is 1.21 bits per heavy atom. The third kappa shape index (κ3) is 4.10. The fourth-order valence-corrected chi connectivity index (χ4v) is 1.51. The van der Waals surface area contributed by atoms with Gasteiger partial charge in [-0.2, -0.15) is 0 Å². The molecule has 0 bridgehead atoms. The predicted octanol–water partition coefficient (Wildman–Crippen LogP) is 2.90. The van der Waals surface area contributed by atoms with Crippen molar-refractivity contribution in [3.8, 4) is 11.6 Å². The van der Waals surface area contributed by atoms with Gasteiger partial charge in [-0.05, 0) is 17.7 Å². The van der Waals surface area contributed by atoms with Crippen LogP contribution >= 0.6 is 0 Å². The van der Waals surface area contributed by atoms with Crippen molar-refractivity contribution in [2.75, 3.05) is 0 Å². The van der Waals surface area contributed by atoms with E-state index in [1.807, 2.05) is 43.3 Å². The van der Waals surface area contributed by atoms with E-state index in [0.29, 0.717) is 18.8 Å². The summed E-state index contributed by atoms with van der Waals surface area (Å²) in [6.45, 7) is 2.32. The Morgan fingerprint density at radius 3 is 2.63 bits per heavy atom. The molecule has 0 unspecified atom stereocenters. The second-order valence-electron chi connectivity index (χ2n) is 4.05. The molecule has 4 heteroatoms. The lowest BCUT2D eigenvalue weighted by molar-refractivity contribution is -0.120. The van der Waals surface area contributed by atoms with Crippen LogP contribution in [-0.4, -0.2) is 10.9 Å². The number of carbonyl (C=O) groups is 1. The van der Waals surface area contributed by atoms with Crippen molar-refractivity contribution in [1.29, 1.82) is 0 Å². The maximum absolute atomic E-state index is 11.1. The predicted molar refractivity (Wildman–Crippen MR) is 72.9 cm³/mol. The molecule has 0 saturated carbocycles. The summed E-state index contributed by atoms with van der Waals surface area (Å²) in [7, 11) is 0. The number of ether oxygens (including phenoxy) is 1. The number of hydrogen-bond acceptors (Lipinski definition) is 3. The third-order valence-corrected chi connectivity index (χ3v) is 2.57. The van der Waals surface area contributed by atoms with Crippen LogP contribution in [0.2, 0.25) is 0 Å². The molecule has 19 heavy (non-hydrogen) atoms. The van der Waals surface area contributed by atoms with E-state index in [1.54, 1.807) is 12.3 Å². The second-order valence-corrected chi connectivity index (χ2v) is 4.05. The van der Waals surface area contributed by atoms with Gasteiger partial charge in [0.2, 0.25) is 11.8 Å². The van der Waals surface area contributed by atoms with Gasteiger partial charge in [-0.1, -0.05) is 31.2 Å². The van der Waals surface area contributed by atoms with Gasteiger partial charge in [-0.25, -0.2) is 4.98 Å². The average Bonchev–Trinajstić information content (AvgIpc) is 2.47. The van der Waals surface area contributed by atoms with E-state index >= 15 is 0 Å². The van der Waals surface area contributed by atoms with Crippen LogP contribution in [0.1, 0.15) is 18.9 Å². The summed E-state index contributed by atoms with van der Waals surface area (Å²) in [4.78, 5) is 15.3. The quantitative estimate of drug-likeness (QED) is 0.894. The molecule has 0 atom stereocenters. The number of para-hydroxylation sites is 1. The van der Waals surface area contributed by atoms with Crippen molar-refractivity contribution >= 4 is 5.91 Å². The fraction of sp³-hybridized carbons (Fsp3) is 0.200. The van der Waals surface area contributed by atoms with Crippen molar-refractivity contribution in [3.63, 3.8) is 0 Å². The van der Waals surface area contributed by atoms with E-state index in [4.69, 9.17) is 4.74 Å². The number of pyridine rings is 1. The van der Waals surface area contributed by atoms with Gasteiger partial charge in [0, 0.05) is 25.2 Å². The Morgan fingerprint density at radius 2 is 2.00 bits per heavy atom. The first-order valence-corrected chi connectivity index (χ1v) is 6.22. The van der Waals surface area contributed by atoms with Gasteiger partial charge >= 0.3 is 0 Å². The molecule has 1 amide bonds. The first-order chi connectivity index (χ1) is 9.28. The third-order valence-electron chi connectivity index (χ3n) is 2.57. The first kappa shape index (κ1) is 13.1. The van der Waals surface area contributed by atoms with Gasteiger partial charge in [0.25, 0.3) is 0 Å². The Labute approximate surface area is 112 Å². The Balaban J connectivity index is 1.93. The summed E-state index contributed by atoms with van der Waals surface area (Å²) in [6, 6.07) is 13.2. The monoisotopic (exact) mass is 256 g/mol. The maximum atomic E-state index is 11.1. The highest BCUT2D eigenvalue weighted by Crippen LogP contribution is 2.18. The van der Waals surface area contributed by atoms with Crippen molar-refractivity contribution in [2.45, 2.75) is 19.9 Å². The molecule has 98 valence electrons. The molecule has 0 aliphatic heterocycles. The summed E-state index contributed by atoms with van der Waals surface area (Å²) in [5.74, 6) is 1.32. The van der Waals surface area contributed by atoms with Gasteiger partial charge in [0.1, 0.15) is 5.75 Å². The highest BCUT2D eigenvalue weighted by molar-refractivity contribution is 5.75. The lowest BCUT2D eigenvalue weighted by Gasteiger charge is -2.06. The molecule has 1 aromatic carbocycles. The largest absolute Gasteiger partial charge is 0.439 e. The van der Waals surface area contributed by atoms with E-state index in [0.717, 1.165) is 11.3 Å². The fourth-order valence-electron chi connectivity index (χ4n) is 1.51. The number of rotatable bonds is 5. The Kier molecular flexibility index (Phi) is 4.50. The van der Waals surface area contributed by atoms with Gasteiger partial charge in [0.15, 0.2) is 0 Å². The molecule has 1 heterocycles. The summed E-state index contributed by atoms with van der Waals surface area (Å²) < 4.78 is 5.58. The maximum Gasteiger partial charge on any atom is 0.219 e. The SMILES string of the molecule is CCC(=O)NCc1ccc(Oc2ccccc2)nc1. The number of hydrogen-bond donors (Lipinski definition) is 1. The molecule has 2 aromatic rings. The van der Waals surface area contributed by atoms with Crippen LogP contribution in [0.5, 0.6) is 11.6 Å². The number of amides is 1. The lowest BCUT2D eigenvalue weighted by atomic mass is 10.3. The van der Waals surface area contributed by atoms with E-state index in [1.165, 1.54) is 0 Å². The number of nitrogens with zero attached hydrogens (tertiary/aromatic N) is 1. The Hall–Kier alpha value is -2.36. The minimum absolute atomic E-state index is 0.0320. The standard InChI is InChI=1S/C15H16N2O2/c1-2-14(18)16-10-12-8-9-15(17-11-12)19-13-6-4-3-5-7-13/h3-9,11H,2,10H2,1H3,(H,16,18). The summed E-state index contributed by atoms with van der Waals surface area (Å²) in [5, 5.41) is 2.80. The number of nitrogens with one attached hydrogen (secondary N) is 1. The minimum atomic E-state index is 0.0320. The second kappa shape index (κ2) is 6.54. The molecule has 0 aliphatic carbocycles. The molecule has 1 N–H and O–H groups in total. The van der Waals surface area contributed by atoms with E-state index in [-0.39, 0.29) is 5.91 Å². The first-order valence-electron chi connectivity index (χ1n) is 6.22. The molecule has 2 rings (SSSR count). The summed E-state index contributed by atoms with van der Waals surface area (Å²) in [5.41, 5.74) is 0.946. The molecule has 0 radical (unpaired) electrons. The van der Waals surface area contributed by atoms with Crippen molar-refractivity contribution in [1.82, 2.24) is 10.3 Å². The molecular formula is C15H16N2O2. The average molecular weight is 256 g/mol. The van der Waals surface area contributed by atoms with Crippen molar-refractivity contribution < 1.29 is 9.53 Å². The zero-order valence-electron chi connectivity index (χ0n) is 10.8. The lowest BCUT2D eigenvalue weighted by Crippen LogP contribution is -2.21. The normalized spacial score (nSPS) is 9.95. The molecule has 0 aliphatic rings. The van der Waals surface area contributed by atoms with Crippen molar-refractivity contribution in [3.05, 3.63) is 54.2 Å². The van der Waals surface area contributed by atoms with Gasteiger partial charge in [-0.3, -0.25) is 4.79 Å². The smallest absolute Gasteiger partial charge is 0.219 e. The van der Waals surface area contributed by atoms with Crippen LogP contribution in [0.15, 0.2) is 48.7 Å². The zero-order chi connectivity index (χ0) is 13.5.